The van der Waals surface area contributed by atoms with Crippen LogP contribution >= 0.6 is 0 Å². The highest BCUT2D eigenvalue weighted by Crippen LogP contribution is 2.25. The molecule has 1 fully saturated rings. The highest BCUT2D eigenvalue weighted by Gasteiger charge is 2.14. The van der Waals surface area contributed by atoms with Gasteiger partial charge in [-0.3, -0.25) is 0 Å². The second kappa shape index (κ2) is 5.54. The molecule has 0 saturated carbocycles. The minimum atomic E-state index is 0.531. The Balaban J connectivity index is 1.98. The van der Waals surface area contributed by atoms with Crippen LogP contribution in [0.5, 0.6) is 5.75 Å². The zero-order valence-electron chi connectivity index (χ0n) is 11.2. The maximum Gasteiger partial charge on any atom is 0.125 e. The highest BCUT2D eigenvalue weighted by molar-refractivity contribution is 5.42. The van der Waals surface area contributed by atoms with Crippen molar-refractivity contribution in [2.45, 2.75) is 46.1 Å². The number of piperidine rings is 1. The molecule has 2 heteroatoms. The second-order valence-electron chi connectivity index (χ2n) is 5.19. The smallest absolute Gasteiger partial charge is 0.125 e. The van der Waals surface area contributed by atoms with Crippen LogP contribution in [0.3, 0.4) is 0 Å². The van der Waals surface area contributed by atoms with Gasteiger partial charge in [0.25, 0.3) is 0 Å². The lowest BCUT2D eigenvalue weighted by molar-refractivity contribution is 0.236. The molecule has 0 bridgehead atoms. The molecule has 17 heavy (non-hydrogen) atoms. The van der Waals surface area contributed by atoms with Crippen LogP contribution in [0.25, 0.3) is 0 Å². The molecular weight excluding hydrogens is 210 g/mol. The van der Waals surface area contributed by atoms with Crippen LogP contribution < -0.4 is 10.1 Å². The predicted molar refractivity (Wildman–Crippen MR) is 71.8 cm³/mol. The molecule has 1 heterocycles. The van der Waals surface area contributed by atoms with Gasteiger partial charge in [-0.1, -0.05) is 24.1 Å². The maximum absolute atomic E-state index is 6.00. The Hall–Kier alpha value is -1.02. The van der Waals surface area contributed by atoms with Crippen LogP contribution in [0.15, 0.2) is 12.1 Å². The molecule has 1 unspecified atom stereocenters. The standard InChI is InChI=1S/C15H23NO/c1-11-8-12(2)15(13(3)9-11)17-10-14-6-4-5-7-16-14/h8-9,14,16H,4-7,10H2,1-3H3. The van der Waals surface area contributed by atoms with Crippen molar-refractivity contribution in [3.63, 3.8) is 0 Å². The van der Waals surface area contributed by atoms with Gasteiger partial charge < -0.3 is 10.1 Å². The summed E-state index contributed by atoms with van der Waals surface area (Å²) in [5.74, 6) is 1.07. The fraction of sp³-hybridized carbons (Fsp3) is 0.600. The first-order valence-electron chi connectivity index (χ1n) is 6.61. The molecule has 2 rings (SSSR count). The SMILES string of the molecule is Cc1cc(C)c(OCC2CCCCN2)c(C)c1. The lowest BCUT2D eigenvalue weighted by Crippen LogP contribution is -2.38. The fourth-order valence-corrected chi connectivity index (χ4v) is 2.64. The van der Waals surface area contributed by atoms with Crippen molar-refractivity contribution in [2.24, 2.45) is 0 Å². The summed E-state index contributed by atoms with van der Waals surface area (Å²) in [6.07, 6.45) is 3.87. The van der Waals surface area contributed by atoms with Crippen LogP contribution in [-0.2, 0) is 0 Å². The van der Waals surface area contributed by atoms with E-state index in [-0.39, 0.29) is 0 Å². The minimum Gasteiger partial charge on any atom is -0.491 e. The van der Waals surface area contributed by atoms with Crippen molar-refractivity contribution in [1.29, 1.82) is 0 Å². The van der Waals surface area contributed by atoms with E-state index in [4.69, 9.17) is 4.74 Å². The van der Waals surface area contributed by atoms with Crippen molar-refractivity contribution in [2.75, 3.05) is 13.2 Å². The molecule has 1 atom stereocenters. The Labute approximate surface area is 104 Å². The Morgan fingerprint density at radius 1 is 1.18 bits per heavy atom. The van der Waals surface area contributed by atoms with E-state index >= 15 is 0 Å². The fourth-order valence-electron chi connectivity index (χ4n) is 2.64. The topological polar surface area (TPSA) is 21.3 Å². The molecule has 2 nitrogen and oxygen atoms in total. The lowest BCUT2D eigenvalue weighted by atomic mass is 10.1. The summed E-state index contributed by atoms with van der Waals surface area (Å²) in [5, 5.41) is 3.51. The molecule has 0 amide bonds. The van der Waals surface area contributed by atoms with Gasteiger partial charge in [0.15, 0.2) is 0 Å². The number of ether oxygens (including phenoxy) is 1. The highest BCUT2D eigenvalue weighted by atomic mass is 16.5. The molecule has 1 aliphatic rings. The van der Waals surface area contributed by atoms with E-state index in [1.807, 2.05) is 0 Å². The van der Waals surface area contributed by atoms with Crippen molar-refractivity contribution < 1.29 is 4.74 Å². The average molecular weight is 233 g/mol. The van der Waals surface area contributed by atoms with E-state index in [9.17, 15) is 0 Å². The molecule has 94 valence electrons. The van der Waals surface area contributed by atoms with Crippen molar-refractivity contribution >= 4 is 0 Å². The van der Waals surface area contributed by atoms with Gasteiger partial charge >= 0.3 is 0 Å². The van der Waals surface area contributed by atoms with Gasteiger partial charge in [0.05, 0.1) is 0 Å². The first kappa shape index (κ1) is 12.4. The monoisotopic (exact) mass is 233 g/mol. The summed E-state index contributed by atoms with van der Waals surface area (Å²) in [6.45, 7) is 8.32. The summed E-state index contributed by atoms with van der Waals surface area (Å²) < 4.78 is 6.00. The van der Waals surface area contributed by atoms with Crippen LogP contribution in [0.4, 0.5) is 0 Å². The van der Waals surface area contributed by atoms with E-state index in [1.165, 1.54) is 36.0 Å². The molecule has 0 aromatic heterocycles. The van der Waals surface area contributed by atoms with Crippen molar-refractivity contribution in [3.05, 3.63) is 28.8 Å². The van der Waals surface area contributed by atoms with Gasteiger partial charge in [-0.2, -0.15) is 0 Å². The lowest BCUT2D eigenvalue weighted by Gasteiger charge is -2.24. The molecule has 1 aromatic rings. The summed E-state index contributed by atoms with van der Waals surface area (Å²) in [4.78, 5) is 0. The van der Waals surface area contributed by atoms with E-state index in [1.54, 1.807) is 0 Å². The van der Waals surface area contributed by atoms with Gasteiger partial charge in [-0.15, -0.1) is 0 Å². The van der Waals surface area contributed by atoms with Gasteiger partial charge in [-0.25, -0.2) is 0 Å². The Bertz CT molecular complexity index is 358. The summed E-state index contributed by atoms with van der Waals surface area (Å²) >= 11 is 0. The number of aryl methyl sites for hydroxylation is 3. The van der Waals surface area contributed by atoms with Gasteiger partial charge in [0, 0.05) is 6.04 Å². The quantitative estimate of drug-likeness (QED) is 0.866. The zero-order valence-corrected chi connectivity index (χ0v) is 11.2. The summed E-state index contributed by atoms with van der Waals surface area (Å²) in [7, 11) is 0. The van der Waals surface area contributed by atoms with Gasteiger partial charge in [0.1, 0.15) is 12.4 Å². The first-order valence-corrected chi connectivity index (χ1v) is 6.61. The van der Waals surface area contributed by atoms with Crippen LogP contribution in [0.1, 0.15) is 36.0 Å². The minimum absolute atomic E-state index is 0.531. The Morgan fingerprint density at radius 3 is 2.47 bits per heavy atom. The normalized spacial score (nSPS) is 20.3. The third kappa shape index (κ3) is 3.22. The number of hydrogen-bond acceptors (Lipinski definition) is 2. The molecule has 1 aliphatic heterocycles. The van der Waals surface area contributed by atoms with Crippen molar-refractivity contribution in [3.8, 4) is 5.75 Å². The zero-order chi connectivity index (χ0) is 12.3. The van der Waals surface area contributed by atoms with Crippen molar-refractivity contribution in [1.82, 2.24) is 5.32 Å². The summed E-state index contributed by atoms with van der Waals surface area (Å²) in [6, 6.07) is 4.91. The number of benzene rings is 1. The van der Waals surface area contributed by atoms with Crippen LogP contribution in [0.2, 0.25) is 0 Å². The number of rotatable bonds is 3. The van der Waals surface area contributed by atoms with E-state index in [0.29, 0.717) is 6.04 Å². The second-order valence-corrected chi connectivity index (χ2v) is 5.19. The largest absolute Gasteiger partial charge is 0.491 e. The number of nitrogens with one attached hydrogen (secondary N) is 1. The molecule has 1 N–H and O–H groups in total. The third-order valence-electron chi connectivity index (χ3n) is 3.45. The summed E-state index contributed by atoms with van der Waals surface area (Å²) in [5.41, 5.74) is 3.81. The average Bonchev–Trinajstić information content (AvgIpc) is 2.29. The van der Waals surface area contributed by atoms with Gasteiger partial charge in [0.2, 0.25) is 0 Å². The van der Waals surface area contributed by atoms with Crippen LogP contribution in [0, 0.1) is 20.8 Å². The van der Waals surface area contributed by atoms with Gasteiger partial charge in [-0.05, 0) is 51.3 Å². The maximum atomic E-state index is 6.00. The van der Waals surface area contributed by atoms with E-state index in [2.05, 4.69) is 38.2 Å². The van der Waals surface area contributed by atoms with E-state index in [0.717, 1.165) is 18.9 Å². The molecule has 0 spiro atoms. The third-order valence-corrected chi connectivity index (χ3v) is 3.45. The number of hydrogen-bond donors (Lipinski definition) is 1. The Kier molecular flexibility index (Phi) is 4.06. The molecule has 0 aliphatic carbocycles. The predicted octanol–water partition coefficient (Wildman–Crippen LogP) is 3.13. The van der Waals surface area contributed by atoms with E-state index < -0.39 is 0 Å². The van der Waals surface area contributed by atoms with Crippen LogP contribution in [-0.4, -0.2) is 19.2 Å². The molecule has 1 saturated heterocycles. The first-order chi connectivity index (χ1) is 8.16. The Morgan fingerprint density at radius 2 is 1.88 bits per heavy atom. The molecular formula is C15H23NO. The molecule has 1 aromatic carbocycles. The molecule has 0 radical (unpaired) electrons.